The Balaban J connectivity index is 1.11. The molecule has 6 heteroatoms. The number of rotatable bonds is 8. The second kappa shape index (κ2) is 9.93. The number of imide groups is 1. The summed E-state index contributed by atoms with van der Waals surface area (Å²) in [5.41, 5.74) is 3.29. The van der Waals surface area contributed by atoms with Crippen molar-refractivity contribution < 1.29 is 23.9 Å². The number of benzene rings is 3. The van der Waals surface area contributed by atoms with E-state index < -0.39 is 5.92 Å². The third kappa shape index (κ3) is 4.20. The van der Waals surface area contributed by atoms with Crippen molar-refractivity contribution in [3.05, 3.63) is 108 Å². The first-order valence-corrected chi connectivity index (χ1v) is 13.1. The van der Waals surface area contributed by atoms with Gasteiger partial charge in [-0.25, -0.2) is 0 Å². The molecule has 0 spiro atoms. The Kier molecular flexibility index (Phi) is 6.32. The van der Waals surface area contributed by atoms with Crippen molar-refractivity contribution in [1.29, 1.82) is 0 Å². The van der Waals surface area contributed by atoms with Gasteiger partial charge in [-0.2, -0.15) is 0 Å². The van der Waals surface area contributed by atoms with E-state index in [9.17, 15) is 14.4 Å². The number of fused-ring (bicyclic) bond motifs is 5. The molecule has 1 heterocycles. The number of amides is 2. The van der Waals surface area contributed by atoms with Crippen LogP contribution in [0.2, 0.25) is 0 Å². The van der Waals surface area contributed by atoms with E-state index >= 15 is 0 Å². The molecule has 1 saturated heterocycles. The average molecular weight is 508 g/mol. The van der Waals surface area contributed by atoms with Crippen LogP contribution in [-0.4, -0.2) is 24.4 Å². The van der Waals surface area contributed by atoms with Gasteiger partial charge >= 0.3 is 5.97 Å². The van der Waals surface area contributed by atoms with E-state index in [0.29, 0.717) is 24.7 Å². The highest BCUT2D eigenvalue weighted by molar-refractivity contribution is 6.22. The fourth-order valence-electron chi connectivity index (χ4n) is 6.16. The molecule has 0 unspecified atom stereocenters. The minimum atomic E-state index is -0.486. The highest BCUT2D eigenvalue weighted by Crippen LogP contribution is 2.53. The molecule has 1 aliphatic heterocycles. The Hall–Kier alpha value is -4.19. The SMILES string of the molecule is CCOC(=O)[C@H](c1ccccc1)c1ccc(COc2ccc(N3C(=O)[C@@H]4[C@@H](C3=O)[C@H]3C=C[C@@H]4C3)cc2)cc1. The molecule has 2 bridgehead atoms. The fourth-order valence-corrected chi connectivity index (χ4v) is 6.16. The average Bonchev–Trinajstić information content (AvgIpc) is 3.63. The van der Waals surface area contributed by atoms with Gasteiger partial charge in [0.2, 0.25) is 11.8 Å². The number of hydrogen-bond donors (Lipinski definition) is 0. The number of nitrogens with zero attached hydrogens (tertiary/aromatic N) is 1. The normalized spacial score (nSPS) is 24.0. The molecule has 0 N–H and O–H groups in total. The van der Waals surface area contributed by atoms with Crippen LogP contribution in [0.4, 0.5) is 5.69 Å². The first kappa shape index (κ1) is 24.2. The van der Waals surface area contributed by atoms with Crippen LogP contribution in [0, 0.1) is 23.7 Å². The molecule has 3 aromatic carbocycles. The van der Waals surface area contributed by atoms with Gasteiger partial charge in [-0.05, 0) is 66.1 Å². The van der Waals surface area contributed by atoms with Crippen molar-refractivity contribution in [1.82, 2.24) is 0 Å². The highest BCUT2D eigenvalue weighted by Gasteiger charge is 2.59. The molecule has 3 aromatic rings. The number of esters is 1. The summed E-state index contributed by atoms with van der Waals surface area (Å²) >= 11 is 0. The van der Waals surface area contributed by atoms with Crippen molar-refractivity contribution in [3.8, 4) is 5.75 Å². The molecule has 2 fully saturated rings. The minimum Gasteiger partial charge on any atom is -0.489 e. The third-order valence-electron chi connectivity index (χ3n) is 7.94. The molecule has 6 nitrogen and oxygen atoms in total. The highest BCUT2D eigenvalue weighted by atomic mass is 16.5. The van der Waals surface area contributed by atoms with Crippen LogP contribution < -0.4 is 9.64 Å². The zero-order chi connectivity index (χ0) is 26.2. The van der Waals surface area contributed by atoms with E-state index in [0.717, 1.165) is 23.1 Å². The molecule has 2 amide bonds. The quantitative estimate of drug-likeness (QED) is 0.236. The maximum atomic E-state index is 13.0. The second-order valence-electron chi connectivity index (χ2n) is 10.1. The van der Waals surface area contributed by atoms with Gasteiger partial charge < -0.3 is 9.47 Å². The summed E-state index contributed by atoms with van der Waals surface area (Å²) in [6.07, 6.45) is 5.12. The van der Waals surface area contributed by atoms with Gasteiger partial charge in [0, 0.05) is 0 Å². The summed E-state index contributed by atoms with van der Waals surface area (Å²) in [6.45, 7) is 2.47. The van der Waals surface area contributed by atoms with Gasteiger partial charge in [0.1, 0.15) is 18.3 Å². The monoisotopic (exact) mass is 507 g/mol. The Morgan fingerprint density at radius 2 is 1.45 bits per heavy atom. The number of carbonyl (C=O) groups is 3. The molecule has 5 atom stereocenters. The zero-order valence-corrected chi connectivity index (χ0v) is 21.2. The van der Waals surface area contributed by atoms with Crippen molar-refractivity contribution in [3.63, 3.8) is 0 Å². The second-order valence-corrected chi connectivity index (χ2v) is 10.1. The van der Waals surface area contributed by atoms with Gasteiger partial charge in [0.05, 0.1) is 24.1 Å². The topological polar surface area (TPSA) is 72.9 Å². The van der Waals surface area contributed by atoms with Crippen molar-refractivity contribution in [2.75, 3.05) is 11.5 Å². The molecular weight excluding hydrogens is 478 g/mol. The van der Waals surface area contributed by atoms with E-state index in [2.05, 4.69) is 12.2 Å². The van der Waals surface area contributed by atoms with Crippen LogP contribution in [0.15, 0.2) is 91.0 Å². The van der Waals surface area contributed by atoms with Gasteiger partial charge in [-0.1, -0.05) is 66.7 Å². The summed E-state index contributed by atoms with van der Waals surface area (Å²) in [5.74, 6) is -0.299. The lowest BCUT2D eigenvalue weighted by Gasteiger charge is -2.18. The first-order chi connectivity index (χ1) is 18.5. The first-order valence-electron chi connectivity index (χ1n) is 13.1. The predicted octanol–water partition coefficient (Wildman–Crippen LogP) is 5.27. The molecule has 2 aliphatic carbocycles. The van der Waals surface area contributed by atoms with E-state index in [-0.39, 0.29) is 41.5 Å². The summed E-state index contributed by atoms with van der Waals surface area (Å²) in [5, 5.41) is 0. The molecule has 3 aliphatic rings. The van der Waals surface area contributed by atoms with Crippen LogP contribution in [0.5, 0.6) is 5.75 Å². The largest absolute Gasteiger partial charge is 0.489 e. The zero-order valence-electron chi connectivity index (χ0n) is 21.2. The van der Waals surface area contributed by atoms with Crippen molar-refractivity contribution in [2.24, 2.45) is 23.7 Å². The van der Waals surface area contributed by atoms with Crippen LogP contribution in [-0.2, 0) is 25.7 Å². The van der Waals surface area contributed by atoms with Gasteiger partial charge in [0.25, 0.3) is 0 Å². The van der Waals surface area contributed by atoms with E-state index in [1.165, 1.54) is 4.90 Å². The molecule has 0 aromatic heterocycles. The lowest BCUT2D eigenvalue weighted by molar-refractivity contribution is -0.143. The third-order valence-corrected chi connectivity index (χ3v) is 7.94. The summed E-state index contributed by atoms with van der Waals surface area (Å²) in [4.78, 5) is 40.1. The molecule has 38 heavy (non-hydrogen) atoms. The molecule has 192 valence electrons. The maximum Gasteiger partial charge on any atom is 0.317 e. The Labute approximate surface area is 221 Å². The molecule has 1 saturated carbocycles. The Morgan fingerprint density at radius 3 is 2.05 bits per heavy atom. The van der Waals surface area contributed by atoms with E-state index in [4.69, 9.17) is 9.47 Å². The number of ether oxygens (including phenoxy) is 2. The van der Waals surface area contributed by atoms with Crippen LogP contribution >= 0.6 is 0 Å². The number of hydrogen-bond acceptors (Lipinski definition) is 5. The Morgan fingerprint density at radius 1 is 0.842 bits per heavy atom. The molecule has 6 rings (SSSR count). The standard InChI is InChI=1S/C32H29NO5/c1-2-37-32(36)27(21-6-4-3-5-7-21)22-10-8-20(9-11-22)19-38-26-16-14-25(15-17-26)33-30(34)28-23-12-13-24(18-23)29(28)31(33)35/h3-17,23-24,27-29H,2,18-19H2,1H3/t23-,24+,27-,28+,29+/m1/s1. The number of carbonyl (C=O) groups excluding carboxylic acids is 3. The molecule has 0 radical (unpaired) electrons. The number of allylic oxidation sites excluding steroid dienone is 2. The van der Waals surface area contributed by atoms with Crippen LogP contribution in [0.25, 0.3) is 0 Å². The van der Waals surface area contributed by atoms with Crippen molar-refractivity contribution >= 4 is 23.5 Å². The van der Waals surface area contributed by atoms with Gasteiger partial charge in [-0.3, -0.25) is 19.3 Å². The lowest BCUT2D eigenvalue weighted by Crippen LogP contribution is -2.32. The minimum absolute atomic E-state index is 0.0813. The van der Waals surface area contributed by atoms with E-state index in [1.54, 1.807) is 31.2 Å². The maximum absolute atomic E-state index is 13.0. The van der Waals surface area contributed by atoms with Crippen LogP contribution in [0.3, 0.4) is 0 Å². The summed E-state index contributed by atoms with van der Waals surface area (Å²) < 4.78 is 11.3. The van der Waals surface area contributed by atoms with Gasteiger partial charge in [-0.15, -0.1) is 0 Å². The molecular formula is C32H29NO5. The van der Waals surface area contributed by atoms with E-state index in [1.807, 2.05) is 54.6 Å². The predicted molar refractivity (Wildman–Crippen MR) is 142 cm³/mol. The number of anilines is 1. The van der Waals surface area contributed by atoms with Crippen molar-refractivity contribution in [2.45, 2.75) is 25.9 Å². The van der Waals surface area contributed by atoms with Crippen LogP contribution in [0.1, 0.15) is 36.0 Å². The fraction of sp³-hybridized carbons (Fsp3) is 0.281. The Bertz CT molecular complexity index is 1350. The summed E-state index contributed by atoms with van der Waals surface area (Å²) in [7, 11) is 0. The smallest absolute Gasteiger partial charge is 0.317 e. The lowest BCUT2D eigenvalue weighted by atomic mass is 9.85. The van der Waals surface area contributed by atoms with Gasteiger partial charge in [0.15, 0.2) is 0 Å². The summed E-state index contributed by atoms with van der Waals surface area (Å²) in [6, 6.07) is 24.5.